The number of rotatable bonds is 4. The van der Waals surface area contributed by atoms with Crippen LogP contribution in [0.15, 0.2) is 41.0 Å². The molecule has 0 radical (unpaired) electrons. The third-order valence-corrected chi connectivity index (χ3v) is 3.64. The first kappa shape index (κ1) is 17.9. The maximum absolute atomic E-state index is 10.7. The molecule has 0 spiro atoms. The largest absolute Gasteiger partial charge is 0.397 e. The number of nitrogens with two attached hydrogens (primary N) is 3. The number of aromatic nitrogens is 3. The average Bonchev–Trinajstić information content (AvgIpc) is 3.01. The molecule has 0 amide bonds. The van der Waals surface area contributed by atoms with Gasteiger partial charge in [-0.25, -0.2) is 15.3 Å². The Bertz CT molecular complexity index is 849. The van der Waals surface area contributed by atoms with Crippen molar-refractivity contribution in [2.75, 3.05) is 17.8 Å². The van der Waals surface area contributed by atoms with Crippen molar-refractivity contribution in [3.05, 3.63) is 52.4 Å². The third kappa shape index (κ3) is 3.88. The van der Waals surface area contributed by atoms with E-state index in [0.717, 1.165) is 10.2 Å². The minimum atomic E-state index is 0.338. The number of halogens is 1. The number of hydrazine groups is 1. The Labute approximate surface area is 147 Å². The zero-order chi connectivity index (χ0) is 17.7. The molecule has 3 aromatic rings. The molecule has 0 aliphatic heterocycles. The number of aldehydes is 1. The van der Waals surface area contributed by atoms with Gasteiger partial charge in [0.05, 0.1) is 29.8 Å². The summed E-state index contributed by atoms with van der Waals surface area (Å²) in [5.74, 6) is 6.08. The Morgan fingerprint density at radius 1 is 1.29 bits per heavy atom. The van der Waals surface area contributed by atoms with Crippen LogP contribution in [0, 0.1) is 0 Å². The monoisotopic (exact) mass is 391 g/mol. The Balaban J connectivity index is 0.00000100. The SMILES string of the molecule is CN.Nc1ccc(Br)cc1N(N)Cc1ccc2nc(C=O)cn2n1. The maximum Gasteiger partial charge on any atom is 0.170 e. The van der Waals surface area contributed by atoms with Crippen LogP contribution in [0.2, 0.25) is 0 Å². The summed E-state index contributed by atoms with van der Waals surface area (Å²) in [4.78, 5) is 14.8. The molecular formula is C15H18BrN7O. The summed E-state index contributed by atoms with van der Waals surface area (Å²) < 4.78 is 2.44. The van der Waals surface area contributed by atoms with Gasteiger partial charge in [-0.15, -0.1) is 0 Å². The van der Waals surface area contributed by atoms with E-state index in [1.54, 1.807) is 22.8 Å². The zero-order valence-corrected chi connectivity index (χ0v) is 14.6. The van der Waals surface area contributed by atoms with E-state index >= 15 is 0 Å². The third-order valence-electron chi connectivity index (χ3n) is 3.15. The number of nitrogen functional groups attached to an aromatic ring is 1. The number of nitrogens with zero attached hydrogens (tertiary/aromatic N) is 4. The number of hydrogen-bond donors (Lipinski definition) is 3. The van der Waals surface area contributed by atoms with E-state index in [1.165, 1.54) is 12.1 Å². The van der Waals surface area contributed by atoms with Crippen molar-refractivity contribution in [2.45, 2.75) is 6.54 Å². The van der Waals surface area contributed by atoms with E-state index in [0.29, 0.717) is 35.5 Å². The molecule has 2 heterocycles. The molecule has 0 bridgehead atoms. The number of fused-ring (bicyclic) bond motifs is 1. The van der Waals surface area contributed by atoms with Gasteiger partial charge in [-0.3, -0.25) is 4.79 Å². The number of hydrogen-bond acceptors (Lipinski definition) is 7. The highest BCUT2D eigenvalue weighted by Gasteiger charge is 2.10. The summed E-state index contributed by atoms with van der Waals surface area (Å²) in [7, 11) is 1.50. The van der Waals surface area contributed by atoms with Crippen LogP contribution in [0.25, 0.3) is 5.65 Å². The van der Waals surface area contributed by atoms with Crippen molar-refractivity contribution in [2.24, 2.45) is 11.6 Å². The van der Waals surface area contributed by atoms with E-state index in [2.05, 4.69) is 31.7 Å². The molecule has 3 rings (SSSR count). The molecule has 0 aliphatic carbocycles. The second kappa shape index (κ2) is 7.86. The van der Waals surface area contributed by atoms with Gasteiger partial charge in [-0.05, 0) is 37.4 Å². The molecule has 6 N–H and O–H groups in total. The van der Waals surface area contributed by atoms with Gasteiger partial charge in [-0.2, -0.15) is 5.10 Å². The molecule has 8 nitrogen and oxygen atoms in total. The number of carbonyl (C=O) groups is 1. The van der Waals surface area contributed by atoms with E-state index in [9.17, 15) is 4.79 Å². The minimum absolute atomic E-state index is 0.338. The van der Waals surface area contributed by atoms with Crippen LogP contribution in [0.1, 0.15) is 16.2 Å². The molecule has 0 saturated carbocycles. The lowest BCUT2D eigenvalue weighted by molar-refractivity contribution is 0.111. The van der Waals surface area contributed by atoms with Crippen LogP contribution in [0.3, 0.4) is 0 Å². The average molecular weight is 392 g/mol. The molecule has 0 unspecified atom stereocenters. The van der Waals surface area contributed by atoms with Crippen LogP contribution in [-0.4, -0.2) is 27.9 Å². The Morgan fingerprint density at radius 2 is 2.04 bits per heavy atom. The second-order valence-electron chi connectivity index (χ2n) is 4.74. The van der Waals surface area contributed by atoms with Gasteiger partial charge in [0.15, 0.2) is 11.9 Å². The first-order valence-electron chi connectivity index (χ1n) is 7.02. The predicted molar refractivity (Wildman–Crippen MR) is 97.4 cm³/mol. The fraction of sp³-hybridized carbons (Fsp3) is 0.133. The minimum Gasteiger partial charge on any atom is -0.397 e. The Hall–Kier alpha value is -2.49. The normalized spacial score (nSPS) is 10.2. The highest BCUT2D eigenvalue weighted by atomic mass is 79.9. The first-order chi connectivity index (χ1) is 11.6. The molecule has 24 heavy (non-hydrogen) atoms. The van der Waals surface area contributed by atoms with Crippen molar-refractivity contribution in [3.8, 4) is 0 Å². The van der Waals surface area contributed by atoms with Crippen molar-refractivity contribution in [1.82, 2.24) is 14.6 Å². The highest BCUT2D eigenvalue weighted by Crippen LogP contribution is 2.26. The van der Waals surface area contributed by atoms with Crippen LogP contribution < -0.4 is 22.3 Å². The van der Waals surface area contributed by atoms with Gasteiger partial charge in [0.25, 0.3) is 0 Å². The molecular weight excluding hydrogens is 374 g/mol. The standard InChI is InChI=1S/C14H13BrN6O.CH5N/c15-9-1-3-12(16)13(5-9)20(17)6-10-2-4-14-18-11(8-22)7-21(14)19-10;1-2/h1-5,7-8H,6,16-17H2;2H2,1H3. The first-order valence-corrected chi connectivity index (χ1v) is 7.81. The highest BCUT2D eigenvalue weighted by molar-refractivity contribution is 9.10. The molecule has 2 aromatic heterocycles. The summed E-state index contributed by atoms with van der Waals surface area (Å²) in [6, 6.07) is 9.07. The number of anilines is 2. The van der Waals surface area contributed by atoms with Gasteiger partial charge in [0.1, 0.15) is 5.69 Å². The van der Waals surface area contributed by atoms with Crippen molar-refractivity contribution in [3.63, 3.8) is 0 Å². The van der Waals surface area contributed by atoms with Gasteiger partial charge in [-0.1, -0.05) is 15.9 Å². The van der Waals surface area contributed by atoms with E-state index in [1.807, 2.05) is 18.2 Å². The number of carbonyl (C=O) groups excluding carboxylic acids is 1. The Kier molecular flexibility index (Phi) is 5.85. The smallest absolute Gasteiger partial charge is 0.170 e. The quantitative estimate of drug-likeness (QED) is 0.265. The van der Waals surface area contributed by atoms with E-state index < -0.39 is 0 Å². The Morgan fingerprint density at radius 3 is 2.75 bits per heavy atom. The van der Waals surface area contributed by atoms with E-state index in [4.69, 9.17) is 11.6 Å². The molecule has 0 saturated heterocycles. The molecule has 0 atom stereocenters. The summed E-state index contributed by atoms with van der Waals surface area (Å²) in [5, 5.41) is 5.90. The predicted octanol–water partition coefficient (Wildman–Crippen LogP) is 1.34. The summed E-state index contributed by atoms with van der Waals surface area (Å²) in [6.45, 7) is 0.366. The zero-order valence-electron chi connectivity index (χ0n) is 13.1. The lowest BCUT2D eigenvalue weighted by atomic mass is 10.2. The van der Waals surface area contributed by atoms with Crippen LogP contribution in [0.5, 0.6) is 0 Å². The van der Waals surface area contributed by atoms with Gasteiger partial charge in [0, 0.05) is 4.47 Å². The number of imidazole rings is 1. The second-order valence-corrected chi connectivity index (χ2v) is 5.66. The fourth-order valence-electron chi connectivity index (χ4n) is 2.11. The fourth-order valence-corrected chi connectivity index (χ4v) is 2.46. The molecule has 0 fully saturated rings. The summed E-state index contributed by atoms with van der Waals surface area (Å²) in [6.07, 6.45) is 2.26. The van der Waals surface area contributed by atoms with Crippen molar-refractivity contribution >= 4 is 39.2 Å². The van der Waals surface area contributed by atoms with Gasteiger partial charge in [0.2, 0.25) is 0 Å². The van der Waals surface area contributed by atoms with Crippen LogP contribution in [-0.2, 0) is 6.54 Å². The topological polar surface area (TPSA) is 129 Å². The summed E-state index contributed by atoms with van der Waals surface area (Å²) >= 11 is 3.39. The molecule has 9 heteroatoms. The van der Waals surface area contributed by atoms with Crippen LogP contribution in [0.4, 0.5) is 11.4 Å². The van der Waals surface area contributed by atoms with Crippen LogP contribution >= 0.6 is 15.9 Å². The van der Waals surface area contributed by atoms with Gasteiger partial charge >= 0.3 is 0 Å². The van der Waals surface area contributed by atoms with Crippen molar-refractivity contribution < 1.29 is 4.79 Å². The molecule has 1 aromatic carbocycles. The maximum atomic E-state index is 10.7. The molecule has 0 aliphatic rings. The summed E-state index contributed by atoms with van der Waals surface area (Å²) in [5.41, 5.74) is 13.4. The number of benzene rings is 1. The van der Waals surface area contributed by atoms with Crippen molar-refractivity contribution in [1.29, 1.82) is 0 Å². The molecule has 126 valence electrons. The van der Waals surface area contributed by atoms with Gasteiger partial charge < -0.3 is 16.5 Å². The lowest BCUT2D eigenvalue weighted by Gasteiger charge is -2.20. The lowest BCUT2D eigenvalue weighted by Crippen LogP contribution is -2.31. The van der Waals surface area contributed by atoms with E-state index in [-0.39, 0.29) is 0 Å².